The Morgan fingerprint density at radius 1 is 1.23 bits per heavy atom. The van der Waals surface area contributed by atoms with Gasteiger partial charge in [-0.3, -0.25) is 4.79 Å². The molecule has 0 aliphatic carbocycles. The maximum Gasteiger partial charge on any atom is 0.187 e. The Bertz CT molecular complexity index is 678. The van der Waals surface area contributed by atoms with Crippen LogP contribution in [-0.4, -0.2) is 12.4 Å². The molecule has 2 aromatic carbocycles. The standard InChI is InChI=1S/C18H18BrNO2/c1-3-22-16-7-4-14(5-8-16)18(21)10-11-20-15-6-9-17(19)13(2)12-15/h4-12,20H,3H2,1-2H3/b11-10+. The van der Waals surface area contributed by atoms with Gasteiger partial charge in [0.25, 0.3) is 0 Å². The molecule has 0 saturated carbocycles. The molecule has 0 heterocycles. The number of halogens is 1. The molecular formula is C18H18BrNO2. The monoisotopic (exact) mass is 359 g/mol. The van der Waals surface area contributed by atoms with Crippen LogP contribution in [-0.2, 0) is 0 Å². The number of nitrogens with one attached hydrogen (secondary N) is 1. The molecule has 0 bridgehead atoms. The number of rotatable bonds is 6. The molecule has 0 atom stereocenters. The summed E-state index contributed by atoms with van der Waals surface area (Å²) in [4.78, 5) is 12.0. The number of aryl methyl sites for hydroxylation is 1. The van der Waals surface area contributed by atoms with E-state index < -0.39 is 0 Å². The van der Waals surface area contributed by atoms with Gasteiger partial charge in [0.15, 0.2) is 5.78 Å². The maximum atomic E-state index is 12.0. The number of ketones is 1. The topological polar surface area (TPSA) is 38.3 Å². The predicted molar refractivity (Wildman–Crippen MR) is 93.6 cm³/mol. The lowest BCUT2D eigenvalue weighted by atomic mass is 10.1. The van der Waals surface area contributed by atoms with Crippen LogP contribution in [0, 0.1) is 6.92 Å². The van der Waals surface area contributed by atoms with Gasteiger partial charge < -0.3 is 10.1 Å². The Balaban J connectivity index is 1.97. The summed E-state index contributed by atoms with van der Waals surface area (Å²) in [5.74, 6) is 0.718. The van der Waals surface area contributed by atoms with Gasteiger partial charge in [-0.2, -0.15) is 0 Å². The first-order valence-electron chi connectivity index (χ1n) is 7.06. The summed E-state index contributed by atoms with van der Waals surface area (Å²) < 4.78 is 6.42. The molecule has 3 nitrogen and oxygen atoms in total. The van der Waals surface area contributed by atoms with Crippen molar-refractivity contribution in [3.8, 4) is 5.75 Å². The van der Waals surface area contributed by atoms with E-state index >= 15 is 0 Å². The van der Waals surface area contributed by atoms with Gasteiger partial charge in [0.2, 0.25) is 0 Å². The first-order valence-corrected chi connectivity index (χ1v) is 7.86. The van der Waals surface area contributed by atoms with E-state index in [1.54, 1.807) is 30.5 Å². The SMILES string of the molecule is CCOc1ccc(C(=O)/C=C/Nc2ccc(Br)c(C)c2)cc1. The van der Waals surface area contributed by atoms with E-state index in [1.165, 1.54) is 6.08 Å². The van der Waals surface area contributed by atoms with Gasteiger partial charge in [0.1, 0.15) is 5.75 Å². The Labute approximate surface area is 139 Å². The molecule has 2 aromatic rings. The van der Waals surface area contributed by atoms with Crippen LogP contribution in [0.4, 0.5) is 5.69 Å². The minimum absolute atomic E-state index is 0.0515. The lowest BCUT2D eigenvalue weighted by Gasteiger charge is -2.04. The lowest BCUT2D eigenvalue weighted by molar-refractivity contribution is 0.104. The smallest absolute Gasteiger partial charge is 0.187 e. The molecule has 0 aliphatic heterocycles. The third-order valence-corrected chi connectivity index (χ3v) is 3.98. The van der Waals surface area contributed by atoms with Crippen molar-refractivity contribution < 1.29 is 9.53 Å². The van der Waals surface area contributed by atoms with E-state index in [2.05, 4.69) is 21.2 Å². The van der Waals surface area contributed by atoms with Crippen LogP contribution in [0.5, 0.6) is 5.75 Å². The fourth-order valence-corrected chi connectivity index (χ4v) is 2.17. The molecule has 0 unspecified atom stereocenters. The molecule has 2 rings (SSSR count). The molecular weight excluding hydrogens is 342 g/mol. The zero-order valence-electron chi connectivity index (χ0n) is 12.6. The minimum Gasteiger partial charge on any atom is -0.494 e. The highest BCUT2D eigenvalue weighted by molar-refractivity contribution is 9.10. The normalized spacial score (nSPS) is 10.7. The summed E-state index contributed by atoms with van der Waals surface area (Å²) in [6, 6.07) is 13.1. The van der Waals surface area contributed by atoms with E-state index in [4.69, 9.17) is 4.74 Å². The summed E-state index contributed by atoms with van der Waals surface area (Å²) in [5.41, 5.74) is 2.71. The summed E-state index contributed by atoms with van der Waals surface area (Å²) >= 11 is 3.46. The second-order valence-corrected chi connectivity index (χ2v) is 5.62. The Morgan fingerprint density at radius 2 is 1.95 bits per heavy atom. The minimum atomic E-state index is -0.0515. The van der Waals surface area contributed by atoms with Gasteiger partial charge in [-0.05, 0) is 61.9 Å². The van der Waals surface area contributed by atoms with Crippen LogP contribution in [0.1, 0.15) is 22.8 Å². The summed E-state index contributed by atoms with van der Waals surface area (Å²) in [6.45, 7) is 4.56. The van der Waals surface area contributed by atoms with Crippen molar-refractivity contribution >= 4 is 27.4 Å². The number of hydrogen-bond donors (Lipinski definition) is 1. The van der Waals surface area contributed by atoms with E-state index in [-0.39, 0.29) is 5.78 Å². The van der Waals surface area contributed by atoms with Crippen molar-refractivity contribution in [1.29, 1.82) is 0 Å². The molecule has 0 spiro atoms. The molecule has 4 heteroatoms. The van der Waals surface area contributed by atoms with Crippen LogP contribution >= 0.6 is 15.9 Å². The van der Waals surface area contributed by atoms with Gasteiger partial charge in [0.05, 0.1) is 6.61 Å². The van der Waals surface area contributed by atoms with E-state index in [0.29, 0.717) is 12.2 Å². The number of benzene rings is 2. The summed E-state index contributed by atoms with van der Waals surface area (Å²) in [7, 11) is 0. The number of carbonyl (C=O) groups excluding carboxylic acids is 1. The molecule has 0 aliphatic rings. The molecule has 0 fully saturated rings. The van der Waals surface area contributed by atoms with Gasteiger partial charge in [-0.1, -0.05) is 15.9 Å². The van der Waals surface area contributed by atoms with E-state index in [0.717, 1.165) is 21.5 Å². The van der Waals surface area contributed by atoms with Gasteiger partial charge in [0, 0.05) is 28.0 Å². The van der Waals surface area contributed by atoms with Crippen molar-refractivity contribution in [2.45, 2.75) is 13.8 Å². The summed E-state index contributed by atoms with van der Waals surface area (Å²) in [5, 5.41) is 3.10. The van der Waals surface area contributed by atoms with Crippen LogP contribution in [0.2, 0.25) is 0 Å². The Hall–Kier alpha value is -2.07. The van der Waals surface area contributed by atoms with Gasteiger partial charge >= 0.3 is 0 Å². The summed E-state index contributed by atoms with van der Waals surface area (Å²) in [6.07, 6.45) is 3.18. The number of carbonyl (C=O) groups is 1. The van der Waals surface area contributed by atoms with Crippen LogP contribution in [0.25, 0.3) is 0 Å². The number of anilines is 1. The molecule has 0 amide bonds. The third-order valence-electron chi connectivity index (χ3n) is 3.09. The molecule has 0 aromatic heterocycles. The number of hydrogen-bond acceptors (Lipinski definition) is 3. The van der Waals surface area contributed by atoms with Crippen molar-refractivity contribution in [3.05, 3.63) is 70.3 Å². The molecule has 0 radical (unpaired) electrons. The average molecular weight is 360 g/mol. The highest BCUT2D eigenvalue weighted by Gasteiger charge is 2.02. The van der Waals surface area contributed by atoms with Crippen molar-refractivity contribution in [2.75, 3.05) is 11.9 Å². The number of ether oxygens (including phenoxy) is 1. The van der Waals surface area contributed by atoms with E-state index in [1.807, 2.05) is 32.0 Å². The maximum absolute atomic E-state index is 12.0. The quantitative estimate of drug-likeness (QED) is 0.584. The Morgan fingerprint density at radius 3 is 2.59 bits per heavy atom. The third kappa shape index (κ3) is 4.46. The van der Waals surface area contributed by atoms with Gasteiger partial charge in [-0.25, -0.2) is 0 Å². The fraction of sp³-hybridized carbons (Fsp3) is 0.167. The Kier molecular flexibility index (Phi) is 5.78. The zero-order chi connectivity index (χ0) is 15.9. The van der Waals surface area contributed by atoms with Crippen molar-refractivity contribution in [2.24, 2.45) is 0 Å². The second-order valence-electron chi connectivity index (χ2n) is 4.76. The first-order chi connectivity index (χ1) is 10.6. The number of allylic oxidation sites excluding steroid dienone is 1. The second kappa shape index (κ2) is 7.80. The lowest BCUT2D eigenvalue weighted by Crippen LogP contribution is -1.97. The zero-order valence-corrected chi connectivity index (χ0v) is 14.2. The predicted octanol–water partition coefficient (Wildman–Crippen LogP) is 4.96. The average Bonchev–Trinajstić information content (AvgIpc) is 2.52. The molecule has 114 valence electrons. The van der Waals surface area contributed by atoms with E-state index in [9.17, 15) is 4.79 Å². The van der Waals surface area contributed by atoms with Crippen molar-refractivity contribution in [1.82, 2.24) is 0 Å². The van der Waals surface area contributed by atoms with Crippen LogP contribution in [0.3, 0.4) is 0 Å². The van der Waals surface area contributed by atoms with Crippen molar-refractivity contribution in [3.63, 3.8) is 0 Å². The highest BCUT2D eigenvalue weighted by Crippen LogP contribution is 2.20. The largest absolute Gasteiger partial charge is 0.494 e. The van der Waals surface area contributed by atoms with Gasteiger partial charge in [-0.15, -0.1) is 0 Å². The fourth-order valence-electron chi connectivity index (χ4n) is 1.93. The highest BCUT2D eigenvalue weighted by atomic mass is 79.9. The first kappa shape index (κ1) is 16.3. The molecule has 1 N–H and O–H groups in total. The van der Waals surface area contributed by atoms with Crippen LogP contribution in [0.15, 0.2) is 59.2 Å². The molecule has 22 heavy (non-hydrogen) atoms. The molecule has 0 saturated heterocycles. The van der Waals surface area contributed by atoms with Crippen LogP contribution < -0.4 is 10.1 Å².